The Labute approximate surface area is 126 Å². The smallest absolute Gasteiger partial charge is 0.269 e. The fourth-order valence-corrected chi connectivity index (χ4v) is 2.71. The van der Waals surface area contributed by atoms with Crippen LogP contribution in [0.4, 0.5) is 5.69 Å². The molecule has 0 aliphatic rings. The number of ketones is 1. The number of ether oxygens (including phenoxy) is 1. The number of carbonyl (C=O) groups excluding carboxylic acids is 1. The lowest BCUT2D eigenvalue weighted by Gasteiger charge is -2.07. The van der Waals surface area contributed by atoms with Crippen LogP contribution in [0.5, 0.6) is 5.75 Å². The van der Waals surface area contributed by atoms with Crippen molar-refractivity contribution in [3.05, 3.63) is 55.8 Å². The molecule has 2 aromatic rings. The van der Waals surface area contributed by atoms with Crippen molar-refractivity contribution >= 4 is 22.8 Å². The Morgan fingerprint density at radius 3 is 2.67 bits per heavy atom. The highest BCUT2D eigenvalue weighted by Crippen LogP contribution is 2.24. The summed E-state index contributed by atoms with van der Waals surface area (Å²) in [5.41, 5.74) is 0.648. The standard InChI is InChI=1S/C15H15NO4S/c1-3-12-5-7-15(21-12)13(17)9-20-14-6-4-11(16(18)19)8-10(14)2/h4-8H,3,9H2,1-2H3. The lowest BCUT2D eigenvalue weighted by atomic mass is 10.2. The minimum Gasteiger partial charge on any atom is -0.485 e. The maximum Gasteiger partial charge on any atom is 0.269 e. The van der Waals surface area contributed by atoms with Crippen molar-refractivity contribution in [2.45, 2.75) is 20.3 Å². The number of non-ortho nitro benzene ring substituents is 1. The van der Waals surface area contributed by atoms with Crippen LogP contribution >= 0.6 is 11.3 Å². The Kier molecular flexibility index (Phi) is 4.70. The molecule has 0 aliphatic carbocycles. The second-order valence-electron chi connectivity index (χ2n) is 4.54. The SMILES string of the molecule is CCc1ccc(C(=O)COc2ccc([N+](=O)[O-])cc2C)s1. The molecule has 0 N–H and O–H groups in total. The van der Waals surface area contributed by atoms with Crippen molar-refractivity contribution < 1.29 is 14.5 Å². The van der Waals surface area contributed by atoms with E-state index >= 15 is 0 Å². The first kappa shape index (κ1) is 15.2. The summed E-state index contributed by atoms with van der Waals surface area (Å²) in [6, 6.07) is 8.06. The Balaban J connectivity index is 2.02. The number of hydrogen-bond acceptors (Lipinski definition) is 5. The van der Waals surface area contributed by atoms with Crippen LogP contribution in [0.25, 0.3) is 0 Å². The van der Waals surface area contributed by atoms with E-state index in [4.69, 9.17) is 4.74 Å². The minimum atomic E-state index is -0.458. The third-order valence-corrected chi connectivity index (χ3v) is 4.28. The number of rotatable bonds is 6. The van der Waals surface area contributed by atoms with Crippen LogP contribution in [0.1, 0.15) is 27.0 Å². The molecule has 2 rings (SSSR count). The van der Waals surface area contributed by atoms with Gasteiger partial charge >= 0.3 is 0 Å². The highest BCUT2D eigenvalue weighted by molar-refractivity contribution is 7.14. The summed E-state index contributed by atoms with van der Waals surface area (Å²) in [4.78, 5) is 24.0. The van der Waals surface area contributed by atoms with Gasteiger partial charge < -0.3 is 4.74 Å². The quantitative estimate of drug-likeness (QED) is 0.462. The van der Waals surface area contributed by atoms with Gasteiger partial charge in [0.1, 0.15) is 5.75 Å². The van der Waals surface area contributed by atoms with Gasteiger partial charge in [0.05, 0.1) is 9.80 Å². The van der Waals surface area contributed by atoms with Gasteiger partial charge in [0, 0.05) is 17.0 Å². The molecule has 0 amide bonds. The summed E-state index contributed by atoms with van der Waals surface area (Å²) in [6.45, 7) is 3.69. The number of hydrogen-bond donors (Lipinski definition) is 0. The molecule has 1 aromatic heterocycles. The maximum atomic E-state index is 12.0. The predicted octanol–water partition coefficient (Wildman–Crippen LogP) is 3.79. The van der Waals surface area contributed by atoms with Gasteiger partial charge in [0.2, 0.25) is 5.78 Å². The van der Waals surface area contributed by atoms with Gasteiger partial charge in [-0.2, -0.15) is 0 Å². The number of thiophene rings is 1. The lowest BCUT2D eigenvalue weighted by Crippen LogP contribution is -2.10. The molecule has 0 saturated heterocycles. The first-order valence-electron chi connectivity index (χ1n) is 6.51. The van der Waals surface area contributed by atoms with Gasteiger partial charge in [-0.1, -0.05) is 6.92 Å². The molecule has 0 saturated carbocycles. The Bertz CT molecular complexity index is 678. The molecule has 0 bridgehead atoms. The number of nitro benzene ring substituents is 1. The largest absolute Gasteiger partial charge is 0.485 e. The minimum absolute atomic E-state index is 0.0111. The number of nitro groups is 1. The summed E-state index contributed by atoms with van der Waals surface area (Å²) >= 11 is 1.47. The van der Waals surface area contributed by atoms with Crippen molar-refractivity contribution in [2.75, 3.05) is 6.61 Å². The van der Waals surface area contributed by atoms with E-state index in [0.717, 1.165) is 11.3 Å². The van der Waals surface area contributed by atoms with E-state index in [1.807, 2.05) is 13.0 Å². The zero-order valence-electron chi connectivity index (χ0n) is 11.8. The summed E-state index contributed by atoms with van der Waals surface area (Å²) in [6.07, 6.45) is 0.903. The fraction of sp³-hybridized carbons (Fsp3) is 0.267. The summed E-state index contributed by atoms with van der Waals surface area (Å²) < 4.78 is 5.47. The van der Waals surface area contributed by atoms with E-state index in [2.05, 4.69) is 0 Å². The summed E-state index contributed by atoms with van der Waals surface area (Å²) in [5.74, 6) is 0.402. The lowest BCUT2D eigenvalue weighted by molar-refractivity contribution is -0.384. The number of Topliss-reactive ketones (excluding diaryl/α,β-unsaturated/α-hetero) is 1. The summed E-state index contributed by atoms with van der Waals surface area (Å²) in [5, 5.41) is 10.7. The zero-order valence-corrected chi connectivity index (χ0v) is 12.6. The molecule has 1 heterocycles. The summed E-state index contributed by atoms with van der Waals surface area (Å²) in [7, 11) is 0. The Morgan fingerprint density at radius 2 is 2.10 bits per heavy atom. The first-order valence-corrected chi connectivity index (χ1v) is 7.32. The molecular formula is C15H15NO4S. The van der Waals surface area contributed by atoms with Gasteiger partial charge in [0.25, 0.3) is 5.69 Å². The monoisotopic (exact) mass is 305 g/mol. The fourth-order valence-electron chi connectivity index (χ4n) is 1.84. The molecule has 0 aliphatic heterocycles. The molecule has 1 aromatic carbocycles. The molecule has 6 heteroatoms. The van der Waals surface area contributed by atoms with Crippen molar-refractivity contribution in [3.8, 4) is 5.75 Å². The highest BCUT2D eigenvalue weighted by atomic mass is 32.1. The second-order valence-corrected chi connectivity index (χ2v) is 5.71. The van der Waals surface area contributed by atoms with E-state index in [1.54, 1.807) is 13.0 Å². The number of carbonyl (C=O) groups is 1. The van der Waals surface area contributed by atoms with Crippen LogP contribution in [0.15, 0.2) is 30.3 Å². The normalized spacial score (nSPS) is 10.4. The topological polar surface area (TPSA) is 69.4 Å². The second kappa shape index (κ2) is 6.49. The van der Waals surface area contributed by atoms with E-state index in [0.29, 0.717) is 16.2 Å². The molecule has 21 heavy (non-hydrogen) atoms. The third-order valence-electron chi connectivity index (χ3n) is 3.01. The zero-order chi connectivity index (χ0) is 15.4. The molecular weight excluding hydrogens is 290 g/mol. The van der Waals surface area contributed by atoms with E-state index < -0.39 is 4.92 Å². The number of aryl methyl sites for hydroxylation is 2. The van der Waals surface area contributed by atoms with Gasteiger partial charge in [-0.25, -0.2) is 0 Å². The van der Waals surface area contributed by atoms with Crippen molar-refractivity contribution in [1.82, 2.24) is 0 Å². The van der Waals surface area contributed by atoms with Gasteiger partial charge in [0.15, 0.2) is 6.61 Å². The van der Waals surface area contributed by atoms with Crippen LogP contribution in [0.3, 0.4) is 0 Å². The van der Waals surface area contributed by atoms with Crippen molar-refractivity contribution in [2.24, 2.45) is 0 Å². The van der Waals surface area contributed by atoms with Crippen LogP contribution in [-0.4, -0.2) is 17.3 Å². The maximum absolute atomic E-state index is 12.0. The van der Waals surface area contributed by atoms with Crippen LogP contribution < -0.4 is 4.74 Å². The van der Waals surface area contributed by atoms with E-state index in [-0.39, 0.29) is 18.1 Å². The van der Waals surface area contributed by atoms with E-state index in [1.165, 1.54) is 29.5 Å². The van der Waals surface area contributed by atoms with Crippen molar-refractivity contribution in [3.63, 3.8) is 0 Å². The number of nitrogens with zero attached hydrogens (tertiary/aromatic N) is 1. The van der Waals surface area contributed by atoms with Gasteiger partial charge in [-0.3, -0.25) is 14.9 Å². The molecule has 5 nitrogen and oxygen atoms in total. The average molecular weight is 305 g/mol. The van der Waals surface area contributed by atoms with Gasteiger partial charge in [-0.15, -0.1) is 11.3 Å². The molecule has 0 atom stereocenters. The van der Waals surface area contributed by atoms with Crippen LogP contribution in [0, 0.1) is 17.0 Å². The Morgan fingerprint density at radius 1 is 1.33 bits per heavy atom. The van der Waals surface area contributed by atoms with Crippen LogP contribution in [0.2, 0.25) is 0 Å². The highest BCUT2D eigenvalue weighted by Gasteiger charge is 2.12. The Hall–Kier alpha value is -2.21. The van der Waals surface area contributed by atoms with Gasteiger partial charge in [-0.05, 0) is 37.1 Å². The molecule has 0 radical (unpaired) electrons. The molecule has 0 spiro atoms. The molecule has 0 fully saturated rings. The molecule has 0 unspecified atom stereocenters. The van der Waals surface area contributed by atoms with Crippen LogP contribution in [-0.2, 0) is 6.42 Å². The first-order chi connectivity index (χ1) is 10.0. The third kappa shape index (κ3) is 3.66. The average Bonchev–Trinajstić information content (AvgIpc) is 2.94. The molecule has 110 valence electrons. The number of benzene rings is 1. The predicted molar refractivity (Wildman–Crippen MR) is 81.4 cm³/mol. The van der Waals surface area contributed by atoms with Crippen molar-refractivity contribution in [1.29, 1.82) is 0 Å². The van der Waals surface area contributed by atoms with E-state index in [9.17, 15) is 14.9 Å².